The minimum Gasteiger partial charge on any atom is -0.505 e. The van der Waals surface area contributed by atoms with Crippen LogP contribution in [-0.4, -0.2) is 18.7 Å². The minimum atomic E-state index is -0.583. The Morgan fingerprint density at radius 1 is 1.50 bits per heavy atom. The second-order valence-electron chi connectivity index (χ2n) is 3.01. The van der Waals surface area contributed by atoms with Crippen molar-refractivity contribution in [2.45, 2.75) is 6.42 Å². The summed E-state index contributed by atoms with van der Waals surface area (Å²) in [5.41, 5.74) is 0.761. The molecule has 0 unspecified atom stereocenters. The number of hydrogen-bond acceptors (Lipinski definition) is 2. The van der Waals surface area contributed by atoms with E-state index in [0.29, 0.717) is 0 Å². The quantitative estimate of drug-likeness (QED) is 0.721. The van der Waals surface area contributed by atoms with Crippen LogP contribution < -0.4 is 5.32 Å². The Morgan fingerprint density at radius 3 is 2.93 bits per heavy atom. The average Bonchev–Trinajstić information content (AvgIpc) is 2.18. The number of aromatic hydroxyl groups is 1. The Labute approximate surface area is 83.1 Å². The van der Waals surface area contributed by atoms with Crippen LogP contribution >= 0.6 is 0 Å². The third-order valence-electron chi connectivity index (χ3n) is 1.84. The van der Waals surface area contributed by atoms with Gasteiger partial charge in [-0.05, 0) is 37.7 Å². The molecule has 0 fully saturated rings. The monoisotopic (exact) mass is 195 g/mol. The molecule has 1 aromatic carbocycles. The molecular weight excluding hydrogens is 181 g/mol. The lowest BCUT2D eigenvalue weighted by Crippen LogP contribution is -2.05. The van der Waals surface area contributed by atoms with Crippen molar-refractivity contribution < 1.29 is 9.50 Å². The van der Waals surface area contributed by atoms with Crippen molar-refractivity contribution in [1.29, 1.82) is 0 Å². The Morgan fingerprint density at radius 2 is 2.29 bits per heavy atom. The van der Waals surface area contributed by atoms with Crippen LogP contribution in [0.5, 0.6) is 5.75 Å². The molecule has 76 valence electrons. The lowest BCUT2D eigenvalue weighted by molar-refractivity contribution is 0.432. The molecule has 0 radical (unpaired) electrons. The summed E-state index contributed by atoms with van der Waals surface area (Å²) in [6.45, 7) is 0.900. The highest BCUT2D eigenvalue weighted by molar-refractivity contribution is 5.50. The van der Waals surface area contributed by atoms with E-state index in [0.717, 1.165) is 18.5 Å². The summed E-state index contributed by atoms with van der Waals surface area (Å²) in [6.07, 6.45) is 4.70. The van der Waals surface area contributed by atoms with Crippen LogP contribution in [-0.2, 0) is 0 Å². The first-order chi connectivity index (χ1) is 6.74. The molecule has 0 aliphatic carbocycles. The van der Waals surface area contributed by atoms with E-state index in [-0.39, 0.29) is 5.75 Å². The summed E-state index contributed by atoms with van der Waals surface area (Å²) in [5.74, 6) is -0.891. The number of benzene rings is 1. The van der Waals surface area contributed by atoms with E-state index in [1.807, 2.05) is 19.2 Å². The molecule has 3 heteroatoms. The third kappa shape index (κ3) is 3.18. The molecule has 0 saturated carbocycles. The summed E-state index contributed by atoms with van der Waals surface area (Å²) < 4.78 is 12.9. The molecule has 0 atom stereocenters. The summed E-state index contributed by atoms with van der Waals surface area (Å²) in [6, 6.07) is 4.34. The van der Waals surface area contributed by atoms with Crippen molar-refractivity contribution in [2.24, 2.45) is 0 Å². The first-order valence-corrected chi connectivity index (χ1v) is 4.53. The molecule has 0 heterocycles. The van der Waals surface area contributed by atoms with Crippen molar-refractivity contribution in [3.63, 3.8) is 0 Å². The molecule has 2 N–H and O–H groups in total. The van der Waals surface area contributed by atoms with Gasteiger partial charge in [0.05, 0.1) is 0 Å². The van der Waals surface area contributed by atoms with Crippen molar-refractivity contribution in [1.82, 2.24) is 5.32 Å². The fourth-order valence-electron chi connectivity index (χ4n) is 1.07. The van der Waals surface area contributed by atoms with Crippen molar-refractivity contribution in [3.8, 4) is 5.75 Å². The third-order valence-corrected chi connectivity index (χ3v) is 1.84. The van der Waals surface area contributed by atoms with E-state index < -0.39 is 5.82 Å². The zero-order valence-corrected chi connectivity index (χ0v) is 8.13. The molecule has 14 heavy (non-hydrogen) atoms. The lowest BCUT2D eigenvalue weighted by atomic mass is 10.2. The van der Waals surface area contributed by atoms with Gasteiger partial charge in [-0.2, -0.15) is 0 Å². The first kappa shape index (κ1) is 10.7. The maximum absolute atomic E-state index is 12.9. The molecule has 0 aliphatic rings. The van der Waals surface area contributed by atoms with Gasteiger partial charge >= 0.3 is 0 Å². The number of hydrogen-bond donors (Lipinski definition) is 2. The van der Waals surface area contributed by atoms with Crippen LogP contribution in [0, 0.1) is 5.82 Å². The molecule has 0 bridgehead atoms. The number of rotatable bonds is 4. The van der Waals surface area contributed by atoms with E-state index in [1.165, 1.54) is 12.1 Å². The van der Waals surface area contributed by atoms with Crippen molar-refractivity contribution >= 4 is 6.08 Å². The Hall–Kier alpha value is -1.35. The van der Waals surface area contributed by atoms with Crippen LogP contribution in [0.4, 0.5) is 4.39 Å². The van der Waals surface area contributed by atoms with E-state index in [2.05, 4.69) is 5.32 Å². The van der Waals surface area contributed by atoms with Crippen LogP contribution in [0.3, 0.4) is 0 Å². The summed E-state index contributed by atoms with van der Waals surface area (Å²) in [4.78, 5) is 0. The number of phenolic OH excluding ortho intramolecular Hbond substituents is 1. The van der Waals surface area contributed by atoms with Crippen LogP contribution in [0.25, 0.3) is 6.08 Å². The molecule has 0 saturated heterocycles. The maximum atomic E-state index is 12.9. The standard InChI is InChI=1S/C11H14FNO/c1-13-7-3-2-4-9-5-6-11(14)10(12)8-9/h2,4-6,8,13-14H,3,7H2,1H3. The first-order valence-electron chi connectivity index (χ1n) is 4.53. The highest BCUT2D eigenvalue weighted by atomic mass is 19.1. The average molecular weight is 195 g/mol. The van der Waals surface area contributed by atoms with E-state index in [9.17, 15) is 4.39 Å². The Bertz CT molecular complexity index is 323. The van der Waals surface area contributed by atoms with Gasteiger partial charge in [-0.3, -0.25) is 0 Å². The largest absolute Gasteiger partial charge is 0.505 e. The van der Waals surface area contributed by atoms with Gasteiger partial charge in [0.25, 0.3) is 0 Å². The summed E-state index contributed by atoms with van der Waals surface area (Å²) in [5, 5.41) is 12.0. The van der Waals surface area contributed by atoms with Crippen LogP contribution in [0.15, 0.2) is 24.3 Å². The van der Waals surface area contributed by atoms with Crippen LogP contribution in [0.1, 0.15) is 12.0 Å². The highest BCUT2D eigenvalue weighted by Crippen LogP contribution is 2.16. The van der Waals surface area contributed by atoms with Crippen LogP contribution in [0.2, 0.25) is 0 Å². The fraction of sp³-hybridized carbons (Fsp3) is 0.273. The van der Waals surface area contributed by atoms with Gasteiger partial charge in [-0.15, -0.1) is 0 Å². The highest BCUT2D eigenvalue weighted by Gasteiger charge is 1.98. The van der Waals surface area contributed by atoms with Gasteiger partial charge < -0.3 is 10.4 Å². The topological polar surface area (TPSA) is 32.3 Å². The minimum absolute atomic E-state index is 0.308. The normalized spacial score (nSPS) is 11.0. The van der Waals surface area contributed by atoms with E-state index in [4.69, 9.17) is 5.11 Å². The molecule has 0 spiro atoms. The number of phenols is 1. The predicted octanol–water partition coefficient (Wildman–Crippen LogP) is 2.15. The lowest BCUT2D eigenvalue weighted by Gasteiger charge is -1.97. The van der Waals surface area contributed by atoms with E-state index >= 15 is 0 Å². The zero-order valence-electron chi connectivity index (χ0n) is 8.13. The Balaban J connectivity index is 2.59. The molecular formula is C11H14FNO. The molecule has 1 aromatic rings. The number of halogens is 1. The van der Waals surface area contributed by atoms with Crippen molar-refractivity contribution in [2.75, 3.05) is 13.6 Å². The summed E-state index contributed by atoms with van der Waals surface area (Å²) in [7, 11) is 1.88. The molecule has 2 nitrogen and oxygen atoms in total. The smallest absolute Gasteiger partial charge is 0.165 e. The van der Waals surface area contributed by atoms with Gasteiger partial charge in [-0.1, -0.05) is 18.2 Å². The predicted molar refractivity (Wildman–Crippen MR) is 55.6 cm³/mol. The van der Waals surface area contributed by atoms with Gasteiger partial charge in [0, 0.05) is 0 Å². The van der Waals surface area contributed by atoms with E-state index in [1.54, 1.807) is 6.07 Å². The van der Waals surface area contributed by atoms with Gasteiger partial charge in [0.2, 0.25) is 0 Å². The zero-order chi connectivity index (χ0) is 10.4. The maximum Gasteiger partial charge on any atom is 0.165 e. The number of nitrogens with one attached hydrogen (secondary N) is 1. The molecule has 0 amide bonds. The van der Waals surface area contributed by atoms with Crippen molar-refractivity contribution in [3.05, 3.63) is 35.7 Å². The molecule has 0 aliphatic heterocycles. The second-order valence-corrected chi connectivity index (χ2v) is 3.01. The second kappa shape index (κ2) is 5.40. The van der Waals surface area contributed by atoms with Gasteiger partial charge in [-0.25, -0.2) is 4.39 Å². The Kier molecular flexibility index (Phi) is 4.13. The fourth-order valence-corrected chi connectivity index (χ4v) is 1.07. The van der Waals surface area contributed by atoms with Gasteiger partial charge in [0.1, 0.15) is 0 Å². The molecule has 0 aromatic heterocycles. The van der Waals surface area contributed by atoms with Gasteiger partial charge in [0.15, 0.2) is 11.6 Å². The molecule has 1 rings (SSSR count). The summed E-state index contributed by atoms with van der Waals surface area (Å²) >= 11 is 0. The SMILES string of the molecule is CNCCC=Cc1ccc(O)c(F)c1.